The third-order valence-electron chi connectivity index (χ3n) is 4.93. The molecule has 11 heteroatoms. The number of halogens is 4. The van der Waals surface area contributed by atoms with Crippen LogP contribution in [0.25, 0.3) is 0 Å². The lowest BCUT2D eigenvalue weighted by atomic mass is 10.2. The highest BCUT2D eigenvalue weighted by Crippen LogP contribution is 2.38. The Labute approximate surface area is 212 Å². The molecule has 3 aromatic carbocycles. The van der Waals surface area contributed by atoms with Crippen molar-refractivity contribution in [1.82, 2.24) is 0 Å². The zero-order chi connectivity index (χ0) is 26.5. The van der Waals surface area contributed by atoms with Crippen molar-refractivity contribution in [2.24, 2.45) is 0 Å². The number of amides is 1. The van der Waals surface area contributed by atoms with E-state index in [-0.39, 0.29) is 17.2 Å². The van der Waals surface area contributed by atoms with Gasteiger partial charge >= 0.3 is 6.18 Å². The van der Waals surface area contributed by atoms with E-state index in [4.69, 9.17) is 16.3 Å². The Balaban J connectivity index is 1.99. The Kier molecular flexibility index (Phi) is 8.31. The van der Waals surface area contributed by atoms with E-state index in [0.717, 1.165) is 17.7 Å². The lowest BCUT2D eigenvalue weighted by molar-refractivity contribution is -0.137. The van der Waals surface area contributed by atoms with Crippen LogP contribution in [0.5, 0.6) is 5.75 Å². The maximum atomic E-state index is 13.5. The first-order chi connectivity index (χ1) is 16.9. The fourth-order valence-electron chi connectivity index (χ4n) is 3.19. The molecular weight excluding hydrogens is 517 g/mol. The highest BCUT2D eigenvalue weighted by molar-refractivity contribution is 7.92. The van der Waals surface area contributed by atoms with Gasteiger partial charge in [-0.1, -0.05) is 48.0 Å². The van der Waals surface area contributed by atoms with E-state index in [1.165, 1.54) is 18.2 Å². The van der Waals surface area contributed by atoms with Crippen LogP contribution in [-0.2, 0) is 21.0 Å². The normalized spacial score (nSPS) is 11.6. The SMILES string of the molecule is C=CCOc1cccc(NC(=O)CN(c2ccc(Cl)c(C(F)(F)F)c2)S(=O)(=O)c2ccc(C)cc2)c1. The zero-order valence-electron chi connectivity index (χ0n) is 19.0. The minimum atomic E-state index is -4.83. The zero-order valence-corrected chi connectivity index (χ0v) is 20.6. The van der Waals surface area contributed by atoms with Gasteiger partial charge in [-0.2, -0.15) is 13.2 Å². The Bertz CT molecular complexity index is 1360. The van der Waals surface area contributed by atoms with Crippen molar-refractivity contribution in [1.29, 1.82) is 0 Å². The average molecular weight is 539 g/mol. The van der Waals surface area contributed by atoms with Crippen LogP contribution in [0, 0.1) is 6.92 Å². The molecule has 0 aliphatic heterocycles. The second-order valence-corrected chi connectivity index (χ2v) is 9.93. The average Bonchev–Trinajstić information content (AvgIpc) is 2.81. The van der Waals surface area contributed by atoms with E-state index in [2.05, 4.69) is 11.9 Å². The Morgan fingerprint density at radius 1 is 1.11 bits per heavy atom. The van der Waals surface area contributed by atoms with E-state index in [0.29, 0.717) is 21.8 Å². The van der Waals surface area contributed by atoms with Crippen LogP contribution in [0.4, 0.5) is 24.5 Å². The van der Waals surface area contributed by atoms with E-state index in [1.807, 2.05) is 0 Å². The summed E-state index contributed by atoms with van der Waals surface area (Å²) in [7, 11) is -4.43. The molecule has 190 valence electrons. The summed E-state index contributed by atoms with van der Waals surface area (Å²) >= 11 is 5.71. The molecule has 36 heavy (non-hydrogen) atoms. The number of carbonyl (C=O) groups excluding carboxylic acids is 1. The summed E-state index contributed by atoms with van der Waals surface area (Å²) in [5, 5.41) is 1.95. The van der Waals surface area contributed by atoms with Gasteiger partial charge in [-0.05, 0) is 49.4 Å². The molecule has 0 spiro atoms. The number of sulfonamides is 1. The van der Waals surface area contributed by atoms with Crippen molar-refractivity contribution in [2.45, 2.75) is 18.0 Å². The number of ether oxygens (including phenoxy) is 1. The van der Waals surface area contributed by atoms with Gasteiger partial charge in [0.1, 0.15) is 18.9 Å². The predicted octanol–water partition coefficient (Wildman–Crippen LogP) is 6.07. The Morgan fingerprint density at radius 3 is 2.44 bits per heavy atom. The van der Waals surface area contributed by atoms with Crippen LogP contribution in [0.1, 0.15) is 11.1 Å². The topological polar surface area (TPSA) is 75.7 Å². The maximum absolute atomic E-state index is 13.5. The first kappa shape index (κ1) is 27.1. The monoisotopic (exact) mass is 538 g/mol. The van der Waals surface area contributed by atoms with Gasteiger partial charge in [0.25, 0.3) is 10.0 Å². The van der Waals surface area contributed by atoms with E-state index >= 15 is 0 Å². The molecule has 0 aromatic heterocycles. The molecule has 0 saturated heterocycles. The van der Waals surface area contributed by atoms with E-state index in [1.54, 1.807) is 43.3 Å². The maximum Gasteiger partial charge on any atom is 0.417 e. The van der Waals surface area contributed by atoms with Gasteiger partial charge in [0.05, 0.1) is 21.2 Å². The molecule has 6 nitrogen and oxygen atoms in total. The molecule has 0 radical (unpaired) electrons. The van der Waals surface area contributed by atoms with Crippen LogP contribution < -0.4 is 14.4 Å². The number of rotatable bonds is 9. The molecule has 0 atom stereocenters. The van der Waals surface area contributed by atoms with Crippen LogP contribution in [0.3, 0.4) is 0 Å². The summed E-state index contributed by atoms with van der Waals surface area (Å²) in [5.41, 5.74) is -0.507. The number of hydrogen-bond donors (Lipinski definition) is 1. The van der Waals surface area contributed by atoms with Gasteiger partial charge in [0.15, 0.2) is 0 Å². The third-order valence-corrected chi connectivity index (χ3v) is 7.04. The fourth-order valence-corrected chi connectivity index (χ4v) is 4.83. The number of hydrogen-bond acceptors (Lipinski definition) is 4. The van der Waals surface area contributed by atoms with Crippen molar-refractivity contribution in [3.05, 3.63) is 95.5 Å². The van der Waals surface area contributed by atoms with Crippen molar-refractivity contribution in [2.75, 3.05) is 22.8 Å². The molecular formula is C25H22ClF3N2O4S. The highest BCUT2D eigenvalue weighted by Gasteiger charge is 2.35. The van der Waals surface area contributed by atoms with E-state index < -0.39 is 39.2 Å². The Hall–Kier alpha value is -3.50. The second-order valence-electron chi connectivity index (χ2n) is 7.66. The number of nitrogens with zero attached hydrogens (tertiary/aromatic N) is 1. The lowest BCUT2D eigenvalue weighted by Gasteiger charge is -2.25. The number of nitrogens with one attached hydrogen (secondary N) is 1. The number of carbonyl (C=O) groups is 1. The lowest BCUT2D eigenvalue weighted by Crippen LogP contribution is -2.38. The number of alkyl halides is 3. The smallest absolute Gasteiger partial charge is 0.417 e. The van der Waals surface area contributed by atoms with Crippen LogP contribution in [-0.4, -0.2) is 27.5 Å². The quantitative estimate of drug-likeness (QED) is 0.336. The van der Waals surface area contributed by atoms with Gasteiger partial charge in [0.2, 0.25) is 5.91 Å². The number of anilines is 2. The fraction of sp³-hybridized carbons (Fsp3) is 0.160. The van der Waals surface area contributed by atoms with Gasteiger partial charge in [-0.15, -0.1) is 0 Å². The van der Waals surface area contributed by atoms with Gasteiger partial charge in [0, 0.05) is 11.8 Å². The predicted molar refractivity (Wildman–Crippen MR) is 133 cm³/mol. The van der Waals surface area contributed by atoms with Gasteiger partial charge in [-0.25, -0.2) is 8.42 Å². The summed E-state index contributed by atoms with van der Waals surface area (Å²) < 4.78 is 73.4. The van der Waals surface area contributed by atoms with Crippen molar-refractivity contribution >= 4 is 38.9 Å². The van der Waals surface area contributed by atoms with Crippen LogP contribution in [0.2, 0.25) is 5.02 Å². The summed E-state index contributed by atoms with van der Waals surface area (Å²) in [6, 6.07) is 14.7. The van der Waals surface area contributed by atoms with Gasteiger partial charge in [-0.3, -0.25) is 9.10 Å². The minimum absolute atomic E-state index is 0.191. The molecule has 0 bridgehead atoms. The number of aryl methyl sites for hydroxylation is 1. The molecule has 1 amide bonds. The van der Waals surface area contributed by atoms with Gasteiger partial charge < -0.3 is 10.1 Å². The summed E-state index contributed by atoms with van der Waals surface area (Å²) in [4.78, 5) is 12.7. The first-order valence-corrected chi connectivity index (χ1v) is 12.3. The van der Waals surface area contributed by atoms with Crippen molar-refractivity contribution in [3.63, 3.8) is 0 Å². The third kappa shape index (κ3) is 6.58. The molecule has 3 rings (SSSR count). The van der Waals surface area contributed by atoms with E-state index in [9.17, 15) is 26.4 Å². The highest BCUT2D eigenvalue weighted by atomic mass is 35.5. The molecule has 0 heterocycles. The first-order valence-electron chi connectivity index (χ1n) is 10.5. The molecule has 0 fully saturated rings. The van der Waals surface area contributed by atoms with Crippen molar-refractivity contribution in [3.8, 4) is 5.75 Å². The molecule has 1 N–H and O–H groups in total. The summed E-state index contributed by atoms with van der Waals surface area (Å²) in [6.07, 6.45) is -3.29. The van der Waals surface area contributed by atoms with Crippen molar-refractivity contribution < 1.29 is 31.1 Å². The molecule has 0 aliphatic rings. The number of benzene rings is 3. The second kappa shape index (κ2) is 11.0. The standard InChI is InChI=1S/C25H22ClF3N2O4S/c1-3-13-35-20-6-4-5-18(14-20)30-24(32)16-31(36(33,34)21-10-7-17(2)8-11-21)19-9-12-23(26)22(15-19)25(27,28)29/h3-12,14-15H,1,13,16H2,2H3,(H,30,32). The molecule has 0 unspecified atom stereocenters. The van der Waals surface area contributed by atoms with Crippen LogP contribution >= 0.6 is 11.6 Å². The van der Waals surface area contributed by atoms with Crippen LogP contribution in [0.15, 0.2) is 84.3 Å². The largest absolute Gasteiger partial charge is 0.489 e. The molecule has 0 saturated carbocycles. The Morgan fingerprint density at radius 2 is 1.81 bits per heavy atom. The molecule has 0 aliphatic carbocycles. The summed E-state index contributed by atoms with van der Waals surface area (Å²) in [6.45, 7) is 4.74. The summed E-state index contributed by atoms with van der Waals surface area (Å²) in [5.74, 6) is -0.348. The minimum Gasteiger partial charge on any atom is -0.489 e. The molecule has 3 aromatic rings.